The largest absolute Gasteiger partial charge is 0.247 e. The Kier molecular flexibility index (Phi) is 6.34. The van der Waals surface area contributed by atoms with E-state index >= 15 is 0 Å². The van der Waals surface area contributed by atoms with E-state index in [4.69, 9.17) is 23.2 Å². The van der Waals surface area contributed by atoms with Gasteiger partial charge in [-0.1, -0.05) is 35.0 Å². The second kappa shape index (κ2) is 8.38. The van der Waals surface area contributed by atoms with Crippen LogP contribution in [0.3, 0.4) is 0 Å². The number of halogens is 3. The van der Waals surface area contributed by atoms with E-state index in [0.717, 1.165) is 0 Å². The van der Waals surface area contributed by atoms with E-state index in [9.17, 15) is 18.1 Å². The fourth-order valence-corrected chi connectivity index (χ4v) is 6.37. The molecule has 142 valence electrons. The molecular weight excluding hydrogens is 430 g/mol. The molecule has 1 saturated heterocycles. The van der Waals surface area contributed by atoms with Gasteiger partial charge < -0.3 is 0 Å². The van der Waals surface area contributed by atoms with E-state index in [1.165, 1.54) is 22.1 Å². The molecule has 1 fully saturated rings. The van der Waals surface area contributed by atoms with E-state index in [1.807, 2.05) is 6.07 Å². The van der Waals surface area contributed by atoms with Gasteiger partial charge in [-0.3, -0.25) is 0 Å². The van der Waals surface area contributed by atoms with Gasteiger partial charge in [-0.05, 0) is 49.2 Å². The van der Waals surface area contributed by atoms with Gasteiger partial charge in [0.2, 0.25) is 10.0 Å². The summed E-state index contributed by atoms with van der Waals surface area (Å²) in [7, 11) is -3.86. The monoisotopic (exact) mass is 444 g/mol. The van der Waals surface area contributed by atoms with E-state index in [0.29, 0.717) is 19.8 Å². The Morgan fingerprint density at radius 3 is 2.33 bits per heavy atom. The summed E-state index contributed by atoms with van der Waals surface area (Å²) in [5, 5.41) is 10.1. The Balaban J connectivity index is 2.02. The highest BCUT2D eigenvalue weighted by Crippen LogP contribution is 2.37. The number of sulfonamides is 1. The maximum atomic E-state index is 13.4. The Morgan fingerprint density at radius 1 is 1.11 bits per heavy atom. The first-order valence-corrected chi connectivity index (χ1v) is 11.1. The topological polar surface area (TPSA) is 61.2 Å². The third-order valence-corrected chi connectivity index (χ3v) is 7.69. The van der Waals surface area contributed by atoms with Gasteiger partial charge in [0.1, 0.15) is 6.17 Å². The first kappa shape index (κ1) is 20.4. The second-order valence-electron chi connectivity index (χ2n) is 6.06. The molecule has 0 bridgehead atoms. The number of rotatable bonds is 4. The summed E-state index contributed by atoms with van der Waals surface area (Å²) in [5.41, 5.74) is 0.238. The molecule has 0 unspecified atom stereocenters. The maximum Gasteiger partial charge on any atom is 0.244 e. The van der Waals surface area contributed by atoms with Crippen LogP contribution in [-0.4, -0.2) is 32.0 Å². The lowest BCUT2D eigenvalue weighted by molar-refractivity contribution is 0.210. The molecule has 0 aliphatic carbocycles. The fourth-order valence-electron chi connectivity index (χ4n) is 2.78. The molecule has 0 atom stereocenters. The number of nitrogens with zero attached hydrogens (tertiary/aromatic N) is 2. The van der Waals surface area contributed by atoms with Gasteiger partial charge in [0, 0.05) is 32.9 Å². The van der Waals surface area contributed by atoms with Gasteiger partial charge in [0.15, 0.2) is 0 Å². The highest BCUT2D eigenvalue weighted by molar-refractivity contribution is 8.00. The van der Waals surface area contributed by atoms with E-state index in [2.05, 4.69) is 0 Å². The van der Waals surface area contributed by atoms with Crippen molar-refractivity contribution in [1.29, 1.82) is 5.26 Å². The van der Waals surface area contributed by atoms with Crippen molar-refractivity contribution < 1.29 is 12.8 Å². The molecule has 0 radical (unpaired) electrons. The van der Waals surface area contributed by atoms with Crippen molar-refractivity contribution in [3.05, 3.63) is 52.0 Å². The molecule has 1 heterocycles. The number of piperidine rings is 1. The lowest BCUT2D eigenvalue weighted by Crippen LogP contribution is -2.39. The number of hydrogen-bond acceptors (Lipinski definition) is 4. The minimum Gasteiger partial charge on any atom is -0.247 e. The molecule has 1 aliphatic rings. The van der Waals surface area contributed by atoms with Crippen molar-refractivity contribution in [1.82, 2.24) is 4.31 Å². The molecule has 2 aromatic rings. The predicted molar refractivity (Wildman–Crippen MR) is 105 cm³/mol. The molecule has 0 N–H and O–H groups in total. The van der Waals surface area contributed by atoms with E-state index < -0.39 is 16.2 Å². The Morgan fingerprint density at radius 2 is 1.74 bits per heavy atom. The van der Waals surface area contributed by atoms with Crippen LogP contribution in [0.15, 0.2) is 51.1 Å². The molecule has 0 amide bonds. The summed E-state index contributed by atoms with van der Waals surface area (Å²) in [5.74, 6) is 0. The Hall–Kier alpha value is -1.30. The minimum atomic E-state index is -3.86. The maximum absolute atomic E-state index is 13.4. The van der Waals surface area contributed by atoms with Crippen LogP contribution < -0.4 is 0 Å². The van der Waals surface area contributed by atoms with Gasteiger partial charge in [0.25, 0.3) is 0 Å². The average Bonchev–Trinajstić information content (AvgIpc) is 2.61. The van der Waals surface area contributed by atoms with Crippen molar-refractivity contribution in [3.63, 3.8) is 0 Å². The van der Waals surface area contributed by atoms with Gasteiger partial charge in [0.05, 0.1) is 16.5 Å². The van der Waals surface area contributed by atoms with Crippen molar-refractivity contribution in [2.45, 2.75) is 33.7 Å². The van der Waals surface area contributed by atoms with Gasteiger partial charge in [-0.15, -0.1) is 0 Å². The lowest BCUT2D eigenvalue weighted by Gasteiger charge is -2.28. The van der Waals surface area contributed by atoms with Crippen LogP contribution in [0.25, 0.3) is 0 Å². The van der Waals surface area contributed by atoms with Crippen LogP contribution >= 0.6 is 35.0 Å². The van der Waals surface area contributed by atoms with Gasteiger partial charge in [-0.2, -0.15) is 9.57 Å². The molecule has 0 spiro atoms. The molecule has 2 aromatic carbocycles. The first-order chi connectivity index (χ1) is 12.8. The number of nitriles is 1. The quantitative estimate of drug-likeness (QED) is 0.654. The van der Waals surface area contributed by atoms with Crippen LogP contribution in [0, 0.1) is 11.3 Å². The molecule has 0 saturated carbocycles. The smallest absolute Gasteiger partial charge is 0.244 e. The van der Waals surface area contributed by atoms with Crippen LogP contribution in [0.4, 0.5) is 4.39 Å². The average molecular weight is 445 g/mol. The third kappa shape index (κ3) is 4.76. The SMILES string of the molecule is N#Cc1ccc(Sc2cc(Cl)cc(Cl)c2)c(S(=O)(=O)N2CCC(F)CC2)c1. The van der Waals surface area contributed by atoms with Crippen LogP contribution in [0.1, 0.15) is 18.4 Å². The summed E-state index contributed by atoms with van der Waals surface area (Å²) in [6.07, 6.45) is -0.642. The highest BCUT2D eigenvalue weighted by Gasteiger charge is 2.31. The first-order valence-electron chi connectivity index (χ1n) is 8.12. The zero-order valence-corrected chi connectivity index (χ0v) is 17.2. The predicted octanol–water partition coefficient (Wildman–Crippen LogP) is 5.14. The molecule has 4 nitrogen and oxygen atoms in total. The van der Waals surface area contributed by atoms with Crippen LogP contribution in [0.5, 0.6) is 0 Å². The zero-order valence-electron chi connectivity index (χ0n) is 14.0. The van der Waals surface area contributed by atoms with Crippen molar-refractivity contribution in [2.24, 2.45) is 0 Å². The lowest BCUT2D eigenvalue weighted by atomic mass is 10.1. The van der Waals surface area contributed by atoms with Crippen molar-refractivity contribution >= 4 is 45.0 Å². The zero-order chi connectivity index (χ0) is 19.6. The highest BCUT2D eigenvalue weighted by atomic mass is 35.5. The number of alkyl halides is 1. The Bertz CT molecular complexity index is 981. The van der Waals surface area contributed by atoms with E-state index in [1.54, 1.807) is 30.3 Å². The minimum absolute atomic E-state index is 0.0277. The van der Waals surface area contributed by atoms with Crippen molar-refractivity contribution in [2.75, 3.05) is 13.1 Å². The molecule has 3 rings (SSSR count). The van der Waals surface area contributed by atoms with Gasteiger partial charge >= 0.3 is 0 Å². The standard InChI is InChI=1S/C18H15Cl2FN2O2S2/c19-13-8-14(20)10-16(9-13)26-17-2-1-12(11-22)7-18(17)27(24,25)23-5-3-15(21)4-6-23/h1-2,7-10,15H,3-6H2. The fraction of sp³-hybridized carbons (Fsp3) is 0.278. The Labute approximate surface area is 171 Å². The molecular formula is C18H15Cl2FN2O2S2. The van der Waals surface area contributed by atoms with Gasteiger partial charge in [-0.25, -0.2) is 12.8 Å². The summed E-state index contributed by atoms with van der Waals surface area (Å²) in [6, 6.07) is 11.4. The third-order valence-electron chi connectivity index (χ3n) is 4.14. The number of hydrogen-bond donors (Lipinski definition) is 0. The summed E-state index contributed by atoms with van der Waals surface area (Å²) in [4.78, 5) is 1.16. The normalized spacial score (nSPS) is 16.2. The van der Waals surface area contributed by atoms with Crippen LogP contribution in [0.2, 0.25) is 10.0 Å². The summed E-state index contributed by atoms with van der Waals surface area (Å²) >= 11 is 13.2. The summed E-state index contributed by atoms with van der Waals surface area (Å²) < 4.78 is 41.0. The number of benzene rings is 2. The molecule has 27 heavy (non-hydrogen) atoms. The van der Waals surface area contributed by atoms with Crippen LogP contribution in [-0.2, 0) is 10.0 Å². The summed E-state index contributed by atoms with van der Waals surface area (Å²) in [6.45, 7) is 0.237. The van der Waals surface area contributed by atoms with Crippen molar-refractivity contribution in [3.8, 4) is 6.07 Å². The molecule has 9 heteroatoms. The molecule has 0 aromatic heterocycles. The second-order valence-corrected chi connectivity index (χ2v) is 9.95. The van der Waals surface area contributed by atoms with E-state index in [-0.39, 0.29) is 36.4 Å². The molecule has 1 aliphatic heterocycles.